The Morgan fingerprint density at radius 2 is 2.26 bits per heavy atom. The van der Waals surface area contributed by atoms with Crippen LogP contribution in [0.3, 0.4) is 0 Å². The van der Waals surface area contributed by atoms with Crippen LogP contribution in [0.25, 0.3) is 0 Å². The standard InChI is InChI=1S/C14H27NO4/c1-11(2)15-14(3,13(16)17-4)7-5-8-19-12-6-9-18-10-12/h11-12,15H,5-10H2,1-4H3. The number of hydrogen-bond acceptors (Lipinski definition) is 5. The molecular weight excluding hydrogens is 246 g/mol. The van der Waals surface area contributed by atoms with Crippen LogP contribution in [0.1, 0.15) is 40.0 Å². The van der Waals surface area contributed by atoms with E-state index in [1.165, 1.54) is 7.11 Å². The summed E-state index contributed by atoms with van der Waals surface area (Å²) in [4.78, 5) is 11.9. The van der Waals surface area contributed by atoms with Gasteiger partial charge >= 0.3 is 5.97 Å². The van der Waals surface area contributed by atoms with Crippen LogP contribution in [0.5, 0.6) is 0 Å². The van der Waals surface area contributed by atoms with Crippen molar-refractivity contribution in [2.45, 2.75) is 57.7 Å². The quantitative estimate of drug-likeness (QED) is 0.536. The molecule has 2 atom stereocenters. The van der Waals surface area contributed by atoms with E-state index in [-0.39, 0.29) is 18.1 Å². The number of ether oxygens (including phenoxy) is 3. The van der Waals surface area contributed by atoms with Crippen molar-refractivity contribution < 1.29 is 19.0 Å². The lowest BCUT2D eigenvalue weighted by molar-refractivity contribution is -0.148. The molecule has 1 aliphatic heterocycles. The highest BCUT2D eigenvalue weighted by molar-refractivity contribution is 5.80. The molecule has 1 heterocycles. The molecule has 0 aromatic heterocycles. The monoisotopic (exact) mass is 273 g/mol. The summed E-state index contributed by atoms with van der Waals surface area (Å²) in [5.74, 6) is -0.217. The van der Waals surface area contributed by atoms with Crippen LogP contribution in [0.15, 0.2) is 0 Å². The maximum atomic E-state index is 11.9. The van der Waals surface area contributed by atoms with Crippen LogP contribution in [-0.4, -0.2) is 50.6 Å². The molecule has 19 heavy (non-hydrogen) atoms. The summed E-state index contributed by atoms with van der Waals surface area (Å²) >= 11 is 0. The van der Waals surface area contributed by atoms with Gasteiger partial charge in [-0.25, -0.2) is 0 Å². The van der Waals surface area contributed by atoms with E-state index in [1.807, 2.05) is 20.8 Å². The van der Waals surface area contributed by atoms with Crippen molar-refractivity contribution in [2.24, 2.45) is 0 Å². The Bertz CT molecular complexity index is 277. The van der Waals surface area contributed by atoms with Gasteiger partial charge in [0.15, 0.2) is 0 Å². The lowest BCUT2D eigenvalue weighted by atomic mass is 9.95. The van der Waals surface area contributed by atoms with Crippen LogP contribution in [-0.2, 0) is 19.0 Å². The first kappa shape index (κ1) is 16.4. The third-order valence-corrected chi connectivity index (χ3v) is 3.31. The molecule has 0 radical (unpaired) electrons. The number of carbonyl (C=O) groups is 1. The molecule has 1 fully saturated rings. The van der Waals surface area contributed by atoms with Crippen LogP contribution in [0.2, 0.25) is 0 Å². The Labute approximate surface area is 116 Å². The van der Waals surface area contributed by atoms with E-state index in [2.05, 4.69) is 5.32 Å². The first-order valence-corrected chi connectivity index (χ1v) is 7.03. The van der Waals surface area contributed by atoms with Crippen molar-refractivity contribution in [3.63, 3.8) is 0 Å². The zero-order chi connectivity index (χ0) is 14.3. The molecule has 1 N–H and O–H groups in total. The number of rotatable bonds is 8. The van der Waals surface area contributed by atoms with Crippen molar-refractivity contribution in [3.05, 3.63) is 0 Å². The van der Waals surface area contributed by atoms with Gasteiger partial charge in [-0.05, 0) is 40.0 Å². The minimum absolute atomic E-state index is 0.217. The van der Waals surface area contributed by atoms with Crippen LogP contribution < -0.4 is 5.32 Å². The number of nitrogens with one attached hydrogen (secondary N) is 1. The third-order valence-electron chi connectivity index (χ3n) is 3.31. The molecule has 1 aliphatic rings. The lowest BCUT2D eigenvalue weighted by Gasteiger charge is -2.30. The maximum Gasteiger partial charge on any atom is 0.325 e. The average molecular weight is 273 g/mol. The summed E-state index contributed by atoms with van der Waals surface area (Å²) in [5, 5.41) is 3.28. The second kappa shape index (κ2) is 7.82. The Morgan fingerprint density at radius 1 is 1.53 bits per heavy atom. The highest BCUT2D eigenvalue weighted by Gasteiger charge is 2.34. The molecule has 0 aromatic rings. The van der Waals surface area contributed by atoms with E-state index >= 15 is 0 Å². The van der Waals surface area contributed by atoms with E-state index in [9.17, 15) is 4.79 Å². The molecule has 0 aromatic carbocycles. The van der Waals surface area contributed by atoms with E-state index in [1.54, 1.807) is 0 Å². The summed E-state index contributed by atoms with van der Waals surface area (Å²) in [6.07, 6.45) is 2.72. The fourth-order valence-electron chi connectivity index (χ4n) is 2.42. The van der Waals surface area contributed by atoms with E-state index in [0.717, 1.165) is 19.4 Å². The normalized spacial score (nSPS) is 22.5. The van der Waals surface area contributed by atoms with Crippen LogP contribution >= 0.6 is 0 Å². The molecule has 1 rings (SSSR count). The van der Waals surface area contributed by atoms with Gasteiger partial charge in [-0.3, -0.25) is 10.1 Å². The SMILES string of the molecule is COC(=O)C(C)(CCCOC1CCOC1)NC(C)C. The Kier molecular flexibility index (Phi) is 6.75. The molecule has 0 bridgehead atoms. The summed E-state index contributed by atoms with van der Waals surface area (Å²) < 4.78 is 15.8. The molecule has 5 heteroatoms. The molecule has 0 amide bonds. The number of hydrogen-bond donors (Lipinski definition) is 1. The van der Waals surface area contributed by atoms with Crippen LogP contribution in [0.4, 0.5) is 0 Å². The van der Waals surface area contributed by atoms with Gasteiger partial charge in [0.25, 0.3) is 0 Å². The van der Waals surface area contributed by atoms with Crippen molar-refractivity contribution in [1.82, 2.24) is 5.32 Å². The van der Waals surface area contributed by atoms with Crippen molar-refractivity contribution >= 4 is 5.97 Å². The molecule has 112 valence electrons. The van der Waals surface area contributed by atoms with Gasteiger partial charge < -0.3 is 14.2 Å². The number of methoxy groups -OCH3 is 1. The van der Waals surface area contributed by atoms with E-state index in [0.29, 0.717) is 19.6 Å². The first-order valence-electron chi connectivity index (χ1n) is 7.03. The molecule has 0 saturated carbocycles. The van der Waals surface area contributed by atoms with Gasteiger partial charge in [-0.15, -0.1) is 0 Å². The molecular formula is C14H27NO4. The number of esters is 1. The third kappa shape index (κ3) is 5.47. The fourth-order valence-corrected chi connectivity index (χ4v) is 2.42. The minimum atomic E-state index is -0.640. The van der Waals surface area contributed by atoms with Gasteiger partial charge in [0.05, 0.1) is 19.8 Å². The van der Waals surface area contributed by atoms with E-state index < -0.39 is 5.54 Å². The molecule has 0 aliphatic carbocycles. The summed E-state index contributed by atoms with van der Waals surface area (Å²) in [6, 6.07) is 0.230. The smallest absolute Gasteiger partial charge is 0.325 e. The minimum Gasteiger partial charge on any atom is -0.468 e. The summed E-state index contributed by atoms with van der Waals surface area (Å²) in [5.41, 5.74) is -0.640. The molecule has 0 spiro atoms. The van der Waals surface area contributed by atoms with Crippen molar-refractivity contribution in [3.8, 4) is 0 Å². The maximum absolute atomic E-state index is 11.9. The first-order chi connectivity index (χ1) is 8.98. The summed E-state index contributed by atoms with van der Waals surface area (Å²) in [6.45, 7) is 8.07. The van der Waals surface area contributed by atoms with Crippen LogP contribution in [0, 0.1) is 0 Å². The highest BCUT2D eigenvalue weighted by atomic mass is 16.5. The predicted octanol–water partition coefficient (Wildman–Crippen LogP) is 1.50. The van der Waals surface area contributed by atoms with Gasteiger partial charge in [0.2, 0.25) is 0 Å². The predicted molar refractivity (Wildman–Crippen MR) is 73.1 cm³/mol. The fraction of sp³-hybridized carbons (Fsp3) is 0.929. The van der Waals surface area contributed by atoms with Gasteiger partial charge in [0, 0.05) is 19.3 Å². The number of carbonyl (C=O) groups excluding carboxylic acids is 1. The summed E-state index contributed by atoms with van der Waals surface area (Å²) in [7, 11) is 1.43. The molecule has 5 nitrogen and oxygen atoms in total. The second-order valence-electron chi connectivity index (χ2n) is 5.58. The average Bonchev–Trinajstić information content (AvgIpc) is 2.85. The zero-order valence-corrected chi connectivity index (χ0v) is 12.5. The van der Waals surface area contributed by atoms with Crippen molar-refractivity contribution in [2.75, 3.05) is 26.9 Å². The largest absolute Gasteiger partial charge is 0.468 e. The van der Waals surface area contributed by atoms with Gasteiger partial charge in [-0.2, -0.15) is 0 Å². The van der Waals surface area contributed by atoms with Gasteiger partial charge in [-0.1, -0.05) is 0 Å². The highest BCUT2D eigenvalue weighted by Crippen LogP contribution is 2.17. The van der Waals surface area contributed by atoms with Gasteiger partial charge in [0.1, 0.15) is 5.54 Å². The zero-order valence-electron chi connectivity index (χ0n) is 12.5. The van der Waals surface area contributed by atoms with E-state index in [4.69, 9.17) is 14.2 Å². The van der Waals surface area contributed by atoms with Crippen molar-refractivity contribution in [1.29, 1.82) is 0 Å². The molecule has 2 unspecified atom stereocenters. The second-order valence-corrected chi connectivity index (χ2v) is 5.58. The molecule has 1 saturated heterocycles. The lowest BCUT2D eigenvalue weighted by Crippen LogP contribution is -2.53. The Hall–Kier alpha value is -0.650. The topological polar surface area (TPSA) is 56.8 Å². The Balaban J connectivity index is 2.33. The Morgan fingerprint density at radius 3 is 2.79 bits per heavy atom.